The number of ether oxygens (including phenoxy) is 10. The third-order valence-corrected chi connectivity index (χ3v) is 21.3. The van der Waals surface area contributed by atoms with E-state index in [4.69, 9.17) is 51.8 Å². The highest BCUT2D eigenvalue weighted by atomic mass is 28.4. The van der Waals surface area contributed by atoms with Crippen LogP contribution in [0.15, 0.2) is 70.9 Å². The van der Waals surface area contributed by atoms with Crippen LogP contribution in [0.1, 0.15) is 115 Å². The maximum Gasteiger partial charge on any atom is 0.316 e. The molecule has 1 spiro atoms. The third kappa shape index (κ3) is 11.9. The standard InChI is InChI=1S/C56H85NO13Si/c1-16-32(2)49-35(5)22-24-55(69-49)30-41-27-40(68-55)21-20-34(4)48(66-47-29-45(61-13)51(38(8)64-47)67-46-28-44(60-12)42(23-25-57)37(7)63-46)33(3)18-17-19-39-31-62-52-50(70-71(14,15)54(9,10)11)36(6)26-43(53(58)65-41)56(39,52)59/h17-20,22-24,26,32-33,35,37-38,40-41,43-52,59H,16,21,27-31H2,1-15H3/b18-17+,34-20+,39-19+,42-23-/t32-,33-,35-,37-,38-,40+,41-,43-,44-,45-,46-,47-,48-,49+,50+,51-,52+,55+,56+/m0/s1. The number of hydrogen-bond donors (Lipinski definition) is 1. The molecule has 15 heteroatoms. The number of nitrogens with zero attached hydrogens (tertiary/aromatic N) is 1. The minimum absolute atomic E-state index is 0.0912. The van der Waals surface area contributed by atoms with Gasteiger partial charge in [-0.25, -0.2) is 0 Å². The molecule has 7 rings (SSSR count). The van der Waals surface area contributed by atoms with Crippen LogP contribution in [0.5, 0.6) is 0 Å². The lowest BCUT2D eigenvalue weighted by molar-refractivity contribution is -0.305. The van der Waals surface area contributed by atoms with E-state index in [0.717, 1.165) is 23.1 Å². The summed E-state index contributed by atoms with van der Waals surface area (Å²) >= 11 is 0. The Bertz CT molecular complexity index is 2120. The van der Waals surface area contributed by atoms with E-state index in [2.05, 4.69) is 92.8 Å². The van der Waals surface area contributed by atoms with Gasteiger partial charge < -0.3 is 56.9 Å². The fourth-order valence-corrected chi connectivity index (χ4v) is 12.7. The molecule has 0 aromatic heterocycles. The number of esters is 1. The summed E-state index contributed by atoms with van der Waals surface area (Å²) in [6.45, 7) is 27.6. The summed E-state index contributed by atoms with van der Waals surface area (Å²) in [4.78, 5) is 14.9. The van der Waals surface area contributed by atoms with Crippen molar-refractivity contribution < 1.29 is 61.7 Å². The summed E-state index contributed by atoms with van der Waals surface area (Å²) in [7, 11) is 0.914. The number of rotatable bonds is 10. The van der Waals surface area contributed by atoms with Crippen LogP contribution in [0.3, 0.4) is 0 Å². The van der Waals surface area contributed by atoms with Crippen molar-refractivity contribution in [2.45, 2.75) is 224 Å². The fourth-order valence-electron chi connectivity index (χ4n) is 11.4. The van der Waals surface area contributed by atoms with Crippen molar-refractivity contribution in [1.82, 2.24) is 0 Å². The van der Waals surface area contributed by atoms with Gasteiger partial charge in [-0.15, -0.1) is 0 Å². The van der Waals surface area contributed by atoms with Crippen molar-refractivity contribution in [3.8, 4) is 6.07 Å². The average Bonchev–Trinajstić information content (AvgIpc) is 3.65. The van der Waals surface area contributed by atoms with Crippen LogP contribution in [-0.4, -0.2) is 131 Å². The second-order valence-electron chi connectivity index (χ2n) is 23.0. The van der Waals surface area contributed by atoms with E-state index in [9.17, 15) is 15.2 Å². The lowest BCUT2D eigenvalue weighted by Crippen LogP contribution is -2.60. The van der Waals surface area contributed by atoms with E-state index in [0.29, 0.717) is 37.7 Å². The molecule has 2 bridgehead atoms. The normalized spacial score (nSPS) is 44.4. The number of allylic oxidation sites excluding steroid dienone is 3. The molecule has 0 aromatic rings. The molecule has 4 saturated heterocycles. The molecule has 0 unspecified atom stereocenters. The molecule has 7 aliphatic rings. The third-order valence-electron chi connectivity index (χ3n) is 16.9. The predicted molar refractivity (Wildman–Crippen MR) is 271 cm³/mol. The Morgan fingerprint density at radius 2 is 1.69 bits per heavy atom. The van der Waals surface area contributed by atoms with Crippen molar-refractivity contribution in [2.75, 3.05) is 20.8 Å². The Morgan fingerprint density at radius 1 is 0.958 bits per heavy atom. The Balaban J connectivity index is 1.21. The molecule has 0 amide bonds. The van der Waals surface area contributed by atoms with Crippen LogP contribution in [-0.2, 0) is 56.6 Å². The van der Waals surface area contributed by atoms with Crippen LogP contribution in [0, 0.1) is 35.0 Å². The smallest absolute Gasteiger partial charge is 0.316 e. The first-order chi connectivity index (χ1) is 33.5. The molecule has 6 aliphatic heterocycles. The van der Waals surface area contributed by atoms with Crippen LogP contribution in [0.25, 0.3) is 0 Å². The van der Waals surface area contributed by atoms with Gasteiger partial charge in [0.2, 0.25) is 0 Å². The zero-order valence-corrected chi connectivity index (χ0v) is 46.2. The number of nitriles is 1. The maximum atomic E-state index is 14.9. The first kappa shape index (κ1) is 55.9. The van der Waals surface area contributed by atoms with Crippen LogP contribution >= 0.6 is 0 Å². The summed E-state index contributed by atoms with van der Waals surface area (Å²) in [5.74, 6) is -2.42. The molecule has 396 valence electrons. The molecule has 1 aliphatic carbocycles. The molecule has 19 atom stereocenters. The van der Waals surface area contributed by atoms with Crippen molar-refractivity contribution in [3.63, 3.8) is 0 Å². The van der Waals surface area contributed by atoms with Crippen LogP contribution in [0.2, 0.25) is 18.1 Å². The zero-order chi connectivity index (χ0) is 51.8. The average molecular weight is 1010 g/mol. The van der Waals surface area contributed by atoms with Crippen LogP contribution < -0.4 is 0 Å². The highest BCUT2D eigenvalue weighted by Crippen LogP contribution is 2.50. The Labute approximate surface area is 425 Å². The zero-order valence-electron chi connectivity index (χ0n) is 45.2. The largest absolute Gasteiger partial charge is 0.462 e. The van der Waals surface area contributed by atoms with Crippen LogP contribution in [0.4, 0.5) is 0 Å². The molecule has 6 heterocycles. The number of carbonyl (C=O) groups excluding carboxylic acids is 1. The number of carbonyl (C=O) groups is 1. The monoisotopic (exact) mass is 1010 g/mol. The van der Waals surface area contributed by atoms with Gasteiger partial charge in [-0.1, -0.05) is 91.3 Å². The first-order valence-electron chi connectivity index (χ1n) is 26.2. The summed E-state index contributed by atoms with van der Waals surface area (Å²) in [5.41, 5.74) is 1.42. The molecular formula is C56H85NO13Si. The summed E-state index contributed by atoms with van der Waals surface area (Å²) in [6.07, 6.45) is 12.5. The van der Waals surface area contributed by atoms with Gasteiger partial charge in [0.15, 0.2) is 26.7 Å². The molecule has 14 nitrogen and oxygen atoms in total. The van der Waals surface area contributed by atoms with Gasteiger partial charge in [0, 0.05) is 57.8 Å². The minimum atomic E-state index is -2.38. The summed E-state index contributed by atoms with van der Waals surface area (Å²) < 4.78 is 72.5. The maximum absolute atomic E-state index is 14.9. The molecule has 0 saturated carbocycles. The Hall–Kier alpha value is -2.82. The number of fused-ring (bicyclic) bond motifs is 2. The minimum Gasteiger partial charge on any atom is -0.462 e. The van der Waals surface area contributed by atoms with E-state index >= 15 is 0 Å². The topological polar surface area (TPSA) is 163 Å². The van der Waals surface area contributed by atoms with Crippen molar-refractivity contribution in [3.05, 3.63) is 70.9 Å². The molecule has 4 fully saturated rings. The first-order valence-corrected chi connectivity index (χ1v) is 29.2. The highest BCUT2D eigenvalue weighted by Gasteiger charge is 2.62. The van der Waals surface area contributed by atoms with Gasteiger partial charge in [-0.3, -0.25) is 4.79 Å². The van der Waals surface area contributed by atoms with Gasteiger partial charge >= 0.3 is 5.97 Å². The van der Waals surface area contributed by atoms with Gasteiger partial charge in [0.1, 0.15) is 29.8 Å². The lowest BCUT2D eigenvalue weighted by Gasteiger charge is -2.49. The molecule has 1 N–H and O–H groups in total. The summed E-state index contributed by atoms with van der Waals surface area (Å²) in [6, 6.07) is 2.11. The van der Waals surface area contributed by atoms with E-state index < -0.39 is 80.8 Å². The van der Waals surface area contributed by atoms with E-state index in [1.54, 1.807) is 14.2 Å². The van der Waals surface area contributed by atoms with Gasteiger partial charge in [0.25, 0.3) is 0 Å². The molecule has 0 radical (unpaired) electrons. The number of aliphatic hydroxyl groups is 1. The molecular weight excluding hydrogens is 923 g/mol. The Kier molecular flexibility index (Phi) is 17.8. The predicted octanol–water partition coefficient (Wildman–Crippen LogP) is 9.50. The van der Waals surface area contributed by atoms with Gasteiger partial charge in [-0.2, -0.15) is 5.26 Å². The number of methoxy groups -OCH3 is 2. The fraction of sp³-hybridized carbons (Fsp3) is 0.750. The van der Waals surface area contributed by atoms with E-state index in [1.165, 1.54) is 6.08 Å². The Morgan fingerprint density at radius 3 is 2.37 bits per heavy atom. The van der Waals surface area contributed by atoms with Gasteiger partial charge in [0.05, 0.1) is 61.5 Å². The number of hydrogen-bond acceptors (Lipinski definition) is 14. The lowest BCUT2D eigenvalue weighted by atomic mass is 9.71. The SMILES string of the molecule is CC[C@H](C)[C@H]1O[C@]2(C=C[C@@H]1C)C[C@@H]1C[C@@H](C/C=C(\C)[C@@H](O[C@H]3C[C@H](OC)[C@@H](O[C@H]4C[C@H](OC)/C(=C\C#N)[C@H](C)O4)[C@H](C)O3)[C@@H](C)/C=C/C=C3\CO[C@@H]4[C@H](O[Si](C)(C)C(C)(C)C)C(C)=C[C@@H](C(=O)O1)[C@]34O)O2. The molecule has 71 heavy (non-hydrogen) atoms. The van der Waals surface area contributed by atoms with Gasteiger partial charge in [-0.05, 0) is 86.5 Å². The summed E-state index contributed by atoms with van der Waals surface area (Å²) in [5, 5.41) is 22.5. The van der Waals surface area contributed by atoms with E-state index in [-0.39, 0.29) is 59.9 Å². The molecule has 0 aromatic carbocycles. The second kappa shape index (κ2) is 22.6. The van der Waals surface area contributed by atoms with Crippen molar-refractivity contribution in [2.24, 2.45) is 23.7 Å². The second-order valence-corrected chi connectivity index (χ2v) is 27.7. The highest BCUT2D eigenvalue weighted by molar-refractivity contribution is 6.74. The quantitative estimate of drug-likeness (QED) is 0.0953. The van der Waals surface area contributed by atoms with E-state index in [1.807, 2.05) is 45.1 Å². The van der Waals surface area contributed by atoms with Crippen molar-refractivity contribution >= 4 is 14.3 Å². The van der Waals surface area contributed by atoms with Crippen molar-refractivity contribution in [1.29, 1.82) is 5.26 Å².